The minimum Gasteiger partial charge on any atom is -0.497 e. The Hall–Kier alpha value is -3.49. The second kappa shape index (κ2) is 10.2. The van der Waals surface area contributed by atoms with Gasteiger partial charge in [0.05, 0.1) is 45.7 Å². The van der Waals surface area contributed by atoms with Crippen LogP contribution in [0.1, 0.15) is 22.7 Å². The van der Waals surface area contributed by atoms with Gasteiger partial charge in [-0.25, -0.2) is 4.68 Å². The lowest BCUT2D eigenvalue weighted by Crippen LogP contribution is -2.20. The highest BCUT2D eigenvalue weighted by Gasteiger charge is 2.37. The number of halogens is 5. The van der Waals surface area contributed by atoms with Crippen LogP contribution in [0.15, 0.2) is 72.8 Å². The smallest absolute Gasteiger partial charge is 0.416 e. The molecular formula is C26H19Cl2F3N2O3. The van der Waals surface area contributed by atoms with Crippen molar-refractivity contribution in [1.82, 2.24) is 9.78 Å². The summed E-state index contributed by atoms with van der Waals surface area (Å²) in [4.78, 5) is 12.1. The number of carbonyl (C=O) groups is 1. The van der Waals surface area contributed by atoms with Gasteiger partial charge in [0.25, 0.3) is 0 Å². The second-order valence-corrected chi connectivity index (χ2v) is 8.75. The van der Waals surface area contributed by atoms with Gasteiger partial charge in [0.1, 0.15) is 5.75 Å². The van der Waals surface area contributed by atoms with Gasteiger partial charge in [-0.3, -0.25) is 4.79 Å². The van der Waals surface area contributed by atoms with Gasteiger partial charge < -0.3 is 9.84 Å². The summed E-state index contributed by atoms with van der Waals surface area (Å²) in [5, 5.41) is 15.1. The summed E-state index contributed by atoms with van der Waals surface area (Å²) in [6.45, 7) is 0. The van der Waals surface area contributed by atoms with Crippen molar-refractivity contribution in [2.75, 3.05) is 7.11 Å². The van der Waals surface area contributed by atoms with Gasteiger partial charge in [0.15, 0.2) is 0 Å². The van der Waals surface area contributed by atoms with Crippen LogP contribution < -0.4 is 4.74 Å². The minimum absolute atomic E-state index is 0.264. The molecule has 1 unspecified atom stereocenters. The van der Waals surface area contributed by atoms with E-state index in [1.54, 1.807) is 53.2 Å². The number of hydrogen-bond acceptors (Lipinski definition) is 3. The van der Waals surface area contributed by atoms with Gasteiger partial charge in [-0.05, 0) is 54.1 Å². The highest BCUT2D eigenvalue weighted by atomic mass is 35.5. The number of alkyl halides is 3. The monoisotopic (exact) mass is 534 g/mol. The molecule has 10 heteroatoms. The van der Waals surface area contributed by atoms with Crippen molar-refractivity contribution in [3.8, 4) is 22.7 Å². The van der Waals surface area contributed by atoms with Crippen LogP contribution in [0.5, 0.6) is 5.75 Å². The topological polar surface area (TPSA) is 64.4 Å². The van der Waals surface area contributed by atoms with E-state index in [1.165, 1.54) is 25.3 Å². The van der Waals surface area contributed by atoms with Crippen molar-refractivity contribution >= 4 is 29.2 Å². The van der Waals surface area contributed by atoms with Gasteiger partial charge in [0, 0.05) is 12.0 Å². The summed E-state index contributed by atoms with van der Waals surface area (Å²) < 4.78 is 47.6. The van der Waals surface area contributed by atoms with Crippen LogP contribution in [0.4, 0.5) is 13.2 Å². The standard InChI is InChI=1S/C26H19Cl2F3N2O3/c1-36-18-9-7-17(8-10-18)33-24(15-6-11-22(27)23(28)12-15)14-16(32-33)13-20(25(34)35)19-4-2-3-5-21(19)26(29,30)31/h2-12,14,20H,13H2,1H3,(H,34,35). The van der Waals surface area contributed by atoms with Gasteiger partial charge in [0.2, 0.25) is 0 Å². The van der Waals surface area contributed by atoms with Crippen LogP contribution in [0, 0.1) is 0 Å². The minimum atomic E-state index is -4.70. The summed E-state index contributed by atoms with van der Waals surface area (Å²) in [5.74, 6) is -2.23. The summed E-state index contributed by atoms with van der Waals surface area (Å²) in [6, 6.07) is 18.3. The summed E-state index contributed by atoms with van der Waals surface area (Å²) in [6.07, 6.45) is -4.96. The number of aromatic nitrogens is 2. The first kappa shape index (κ1) is 25.6. The number of ether oxygens (including phenoxy) is 1. The van der Waals surface area contributed by atoms with Gasteiger partial charge in [-0.15, -0.1) is 0 Å². The lowest BCUT2D eigenvalue weighted by molar-refractivity contribution is -0.141. The van der Waals surface area contributed by atoms with E-state index in [2.05, 4.69) is 5.10 Å². The number of rotatable bonds is 7. The van der Waals surface area contributed by atoms with Crippen LogP contribution >= 0.6 is 23.2 Å². The van der Waals surface area contributed by atoms with E-state index in [1.807, 2.05) is 0 Å². The molecule has 0 aliphatic rings. The predicted molar refractivity (Wildman–Crippen MR) is 131 cm³/mol. The number of nitrogens with zero attached hydrogens (tertiary/aromatic N) is 2. The van der Waals surface area contributed by atoms with E-state index in [0.717, 1.165) is 6.07 Å². The fourth-order valence-electron chi connectivity index (χ4n) is 3.91. The van der Waals surface area contributed by atoms with Gasteiger partial charge in [-0.2, -0.15) is 18.3 Å². The maximum atomic E-state index is 13.6. The Morgan fingerprint density at radius 3 is 2.33 bits per heavy atom. The fraction of sp³-hybridized carbons (Fsp3) is 0.154. The SMILES string of the molecule is COc1ccc(-n2nc(CC(C(=O)O)c3ccccc3C(F)(F)F)cc2-c2ccc(Cl)c(Cl)c2)cc1. The molecule has 1 N–H and O–H groups in total. The first-order valence-electron chi connectivity index (χ1n) is 10.7. The van der Waals surface area contributed by atoms with E-state index >= 15 is 0 Å². The molecule has 0 fully saturated rings. The summed E-state index contributed by atoms with van der Waals surface area (Å²) in [7, 11) is 1.53. The number of carboxylic acids is 1. The third-order valence-electron chi connectivity index (χ3n) is 5.65. The number of methoxy groups -OCH3 is 1. The molecule has 1 aromatic heterocycles. The molecule has 0 bridgehead atoms. The molecule has 36 heavy (non-hydrogen) atoms. The van der Waals surface area contributed by atoms with Gasteiger partial charge >= 0.3 is 12.1 Å². The van der Waals surface area contributed by atoms with E-state index < -0.39 is 23.6 Å². The zero-order valence-corrected chi connectivity index (χ0v) is 20.3. The zero-order valence-electron chi connectivity index (χ0n) is 18.8. The molecule has 0 saturated heterocycles. The van der Waals surface area contributed by atoms with Crippen molar-refractivity contribution in [2.45, 2.75) is 18.5 Å². The molecule has 1 atom stereocenters. The molecule has 186 valence electrons. The predicted octanol–water partition coefficient (Wildman–Crippen LogP) is 7.28. The van der Waals surface area contributed by atoms with Crippen molar-refractivity contribution in [2.24, 2.45) is 0 Å². The fourth-order valence-corrected chi connectivity index (χ4v) is 4.21. The Balaban J connectivity index is 1.82. The first-order valence-corrected chi connectivity index (χ1v) is 11.4. The Bertz CT molecular complexity index is 1400. The molecule has 0 aliphatic carbocycles. The lowest BCUT2D eigenvalue weighted by Gasteiger charge is -2.17. The van der Waals surface area contributed by atoms with Crippen LogP contribution in [-0.2, 0) is 17.4 Å². The maximum absolute atomic E-state index is 13.6. The van der Waals surface area contributed by atoms with E-state index in [9.17, 15) is 23.1 Å². The van der Waals surface area contributed by atoms with E-state index in [4.69, 9.17) is 27.9 Å². The van der Waals surface area contributed by atoms with Crippen LogP contribution in [0.25, 0.3) is 16.9 Å². The summed E-state index contributed by atoms with van der Waals surface area (Å²) in [5.41, 5.74) is 0.801. The van der Waals surface area contributed by atoms with Crippen LogP contribution in [0.3, 0.4) is 0 Å². The van der Waals surface area contributed by atoms with Crippen molar-refractivity contribution < 1.29 is 27.8 Å². The molecule has 0 saturated carbocycles. The average Bonchev–Trinajstić information content (AvgIpc) is 3.27. The number of benzene rings is 3. The highest BCUT2D eigenvalue weighted by Crippen LogP contribution is 2.37. The molecule has 0 aliphatic heterocycles. The number of hydrogen-bond donors (Lipinski definition) is 1. The molecule has 0 spiro atoms. The molecule has 4 rings (SSSR count). The summed E-state index contributed by atoms with van der Waals surface area (Å²) >= 11 is 12.3. The second-order valence-electron chi connectivity index (χ2n) is 7.94. The normalized spacial score (nSPS) is 12.4. The largest absolute Gasteiger partial charge is 0.497 e. The zero-order chi connectivity index (χ0) is 26.0. The maximum Gasteiger partial charge on any atom is 0.416 e. The Labute approximate surface area is 214 Å². The molecule has 4 aromatic rings. The Morgan fingerprint density at radius 1 is 1.03 bits per heavy atom. The molecule has 3 aromatic carbocycles. The van der Waals surface area contributed by atoms with Crippen LogP contribution in [0.2, 0.25) is 10.0 Å². The highest BCUT2D eigenvalue weighted by molar-refractivity contribution is 6.42. The van der Waals surface area contributed by atoms with Gasteiger partial charge in [-0.1, -0.05) is 47.5 Å². The molecule has 1 heterocycles. The van der Waals surface area contributed by atoms with Crippen molar-refractivity contribution in [1.29, 1.82) is 0 Å². The molecular weight excluding hydrogens is 516 g/mol. The quantitative estimate of drug-likeness (QED) is 0.270. The Kier molecular flexibility index (Phi) is 7.28. The average molecular weight is 535 g/mol. The molecule has 0 radical (unpaired) electrons. The van der Waals surface area contributed by atoms with Crippen molar-refractivity contribution in [3.05, 3.63) is 99.7 Å². The number of aliphatic carboxylic acids is 1. The number of carboxylic acid groups (broad SMARTS) is 1. The molecule has 0 amide bonds. The lowest BCUT2D eigenvalue weighted by atomic mass is 9.90. The van der Waals surface area contributed by atoms with E-state index in [0.29, 0.717) is 32.7 Å². The van der Waals surface area contributed by atoms with E-state index in [-0.39, 0.29) is 17.7 Å². The first-order chi connectivity index (χ1) is 17.1. The van der Waals surface area contributed by atoms with Crippen molar-refractivity contribution in [3.63, 3.8) is 0 Å². The Morgan fingerprint density at radius 2 is 1.72 bits per heavy atom. The molecule has 5 nitrogen and oxygen atoms in total. The third kappa shape index (κ3) is 5.34. The van der Waals surface area contributed by atoms with Crippen LogP contribution in [-0.4, -0.2) is 28.0 Å². The third-order valence-corrected chi connectivity index (χ3v) is 6.38.